The first-order valence-corrected chi connectivity index (χ1v) is 5.01. The Kier molecular flexibility index (Phi) is 3.85. The van der Waals surface area contributed by atoms with Crippen LogP contribution in [0.4, 0.5) is 0 Å². The third-order valence-electron chi connectivity index (χ3n) is 2.44. The maximum Gasteiger partial charge on any atom is 0.236 e. The summed E-state index contributed by atoms with van der Waals surface area (Å²) in [5.74, 6) is -0.0102. The molecule has 5 heteroatoms. The molecule has 15 heavy (non-hydrogen) atoms. The van der Waals surface area contributed by atoms with E-state index < -0.39 is 0 Å². The molecule has 0 aromatic carbocycles. The van der Waals surface area contributed by atoms with Crippen LogP contribution >= 0.6 is 0 Å². The number of rotatable bonds is 4. The maximum absolute atomic E-state index is 11.3. The molecule has 0 spiro atoms. The van der Waals surface area contributed by atoms with Crippen molar-refractivity contribution in [3.8, 4) is 0 Å². The molecule has 84 valence electrons. The van der Waals surface area contributed by atoms with E-state index in [-0.39, 0.29) is 18.0 Å². The van der Waals surface area contributed by atoms with Crippen LogP contribution in [-0.2, 0) is 11.8 Å². The number of carbonyl (C=O) groups excluding carboxylic acids is 1. The highest BCUT2D eigenvalue weighted by molar-refractivity contribution is 5.80. The Balaban J connectivity index is 2.60. The molecule has 2 N–H and O–H groups in total. The topological polar surface area (TPSA) is 59.0 Å². The highest BCUT2D eigenvalue weighted by atomic mass is 16.2. The summed E-state index contributed by atoms with van der Waals surface area (Å²) >= 11 is 0. The second-order valence-corrected chi connectivity index (χ2v) is 3.60. The zero-order valence-electron chi connectivity index (χ0n) is 9.61. The third kappa shape index (κ3) is 2.79. The summed E-state index contributed by atoms with van der Waals surface area (Å²) in [4.78, 5) is 11.3. The molecular weight excluding hydrogens is 192 g/mol. The van der Waals surface area contributed by atoms with Crippen molar-refractivity contribution in [1.82, 2.24) is 20.4 Å². The minimum Gasteiger partial charge on any atom is -0.358 e. The van der Waals surface area contributed by atoms with Gasteiger partial charge in [0.1, 0.15) is 0 Å². The Bertz CT molecular complexity index is 334. The average Bonchev–Trinajstić information content (AvgIpc) is 2.63. The van der Waals surface area contributed by atoms with E-state index in [1.165, 1.54) is 0 Å². The summed E-state index contributed by atoms with van der Waals surface area (Å²) < 4.78 is 1.80. The lowest BCUT2D eigenvalue weighted by molar-refractivity contribution is -0.122. The molecule has 1 amide bonds. The molecule has 0 fully saturated rings. The van der Waals surface area contributed by atoms with Gasteiger partial charge in [-0.15, -0.1) is 0 Å². The maximum atomic E-state index is 11.3. The molecule has 0 radical (unpaired) electrons. The second-order valence-electron chi connectivity index (χ2n) is 3.60. The molecule has 1 heterocycles. The van der Waals surface area contributed by atoms with Gasteiger partial charge < -0.3 is 5.32 Å². The number of aryl methyl sites for hydroxylation is 1. The van der Waals surface area contributed by atoms with Crippen LogP contribution in [0.5, 0.6) is 0 Å². The molecule has 0 saturated carbocycles. The summed E-state index contributed by atoms with van der Waals surface area (Å²) in [6.07, 6.45) is 1.75. The lowest BCUT2D eigenvalue weighted by Crippen LogP contribution is -2.42. The van der Waals surface area contributed by atoms with Crippen molar-refractivity contribution >= 4 is 5.91 Å². The number of hydrogen-bond acceptors (Lipinski definition) is 3. The van der Waals surface area contributed by atoms with Gasteiger partial charge in [-0.3, -0.25) is 14.8 Å². The summed E-state index contributed by atoms with van der Waals surface area (Å²) in [5, 5.41) is 9.89. The highest BCUT2D eigenvalue weighted by Crippen LogP contribution is 2.10. The van der Waals surface area contributed by atoms with Gasteiger partial charge in [0.15, 0.2) is 0 Å². The lowest BCUT2D eigenvalue weighted by Gasteiger charge is -2.18. The number of hydrogen-bond donors (Lipinski definition) is 2. The van der Waals surface area contributed by atoms with Crippen LogP contribution in [0, 0.1) is 0 Å². The molecular formula is C10H18N4O. The molecule has 1 aromatic rings. The number of likely N-dealkylation sites (N-methyl/N-ethyl adjacent to an activating group) is 1. The van der Waals surface area contributed by atoms with E-state index in [0.29, 0.717) is 0 Å². The van der Waals surface area contributed by atoms with E-state index in [1.807, 2.05) is 27.0 Å². The Labute approximate surface area is 89.9 Å². The minimum absolute atomic E-state index is 0.0102. The summed E-state index contributed by atoms with van der Waals surface area (Å²) in [5.41, 5.74) is 1.06. The molecule has 0 bridgehead atoms. The molecule has 0 saturated heterocycles. The van der Waals surface area contributed by atoms with Crippen LogP contribution in [0.2, 0.25) is 0 Å². The smallest absolute Gasteiger partial charge is 0.236 e. The second kappa shape index (κ2) is 4.93. The molecule has 0 aliphatic rings. The normalized spacial score (nSPS) is 14.7. The molecule has 1 rings (SSSR count). The zero-order chi connectivity index (χ0) is 11.4. The predicted octanol–water partition coefficient (Wildman–Crippen LogP) is 0.205. The molecule has 0 aliphatic carbocycles. The lowest BCUT2D eigenvalue weighted by atomic mass is 10.2. The summed E-state index contributed by atoms with van der Waals surface area (Å²) in [6, 6.07) is 1.83. The van der Waals surface area contributed by atoms with Crippen LogP contribution in [-0.4, -0.2) is 28.8 Å². The van der Waals surface area contributed by atoms with E-state index >= 15 is 0 Å². The van der Waals surface area contributed by atoms with Crippen LogP contribution in [0.25, 0.3) is 0 Å². The first-order chi connectivity index (χ1) is 7.06. The first-order valence-electron chi connectivity index (χ1n) is 5.01. The van der Waals surface area contributed by atoms with Crippen LogP contribution in [0.15, 0.2) is 12.3 Å². The summed E-state index contributed by atoms with van der Waals surface area (Å²) in [6.45, 7) is 3.85. The molecule has 1 aromatic heterocycles. The van der Waals surface area contributed by atoms with Crippen molar-refractivity contribution in [2.24, 2.45) is 7.05 Å². The van der Waals surface area contributed by atoms with E-state index in [9.17, 15) is 4.79 Å². The van der Waals surface area contributed by atoms with Crippen LogP contribution < -0.4 is 10.6 Å². The highest BCUT2D eigenvalue weighted by Gasteiger charge is 2.16. The number of aromatic nitrogens is 2. The fourth-order valence-corrected chi connectivity index (χ4v) is 1.56. The SMILES string of the molecule is CNC(=O)C(C)NC(C)c1ccnn1C. The average molecular weight is 210 g/mol. The largest absolute Gasteiger partial charge is 0.358 e. The monoisotopic (exact) mass is 210 g/mol. The fraction of sp³-hybridized carbons (Fsp3) is 0.600. The van der Waals surface area contributed by atoms with Gasteiger partial charge in [-0.25, -0.2) is 0 Å². The van der Waals surface area contributed by atoms with Crippen molar-refractivity contribution in [3.63, 3.8) is 0 Å². The first kappa shape index (κ1) is 11.7. The van der Waals surface area contributed by atoms with E-state index in [2.05, 4.69) is 15.7 Å². The predicted molar refractivity (Wildman–Crippen MR) is 58.3 cm³/mol. The zero-order valence-corrected chi connectivity index (χ0v) is 9.61. The standard InChI is InChI=1S/C10H18N4O/c1-7(9-5-6-12-14(9)4)13-8(2)10(15)11-3/h5-8,13H,1-4H3,(H,11,15). The Hall–Kier alpha value is -1.36. The summed E-state index contributed by atoms with van der Waals surface area (Å²) in [7, 11) is 3.52. The molecule has 2 unspecified atom stereocenters. The minimum atomic E-state index is -0.208. The Morgan fingerprint density at radius 3 is 2.67 bits per heavy atom. The van der Waals surface area contributed by atoms with Gasteiger partial charge in [-0.05, 0) is 19.9 Å². The van der Waals surface area contributed by atoms with Crippen molar-refractivity contribution in [1.29, 1.82) is 0 Å². The number of carbonyl (C=O) groups is 1. The van der Waals surface area contributed by atoms with Crippen molar-refractivity contribution in [3.05, 3.63) is 18.0 Å². The number of nitrogens with one attached hydrogen (secondary N) is 2. The van der Waals surface area contributed by atoms with Gasteiger partial charge in [0.25, 0.3) is 0 Å². The van der Waals surface area contributed by atoms with Crippen LogP contribution in [0.3, 0.4) is 0 Å². The van der Waals surface area contributed by atoms with Gasteiger partial charge in [0.05, 0.1) is 11.7 Å². The van der Waals surface area contributed by atoms with Crippen molar-refractivity contribution in [2.75, 3.05) is 7.05 Å². The quantitative estimate of drug-likeness (QED) is 0.746. The van der Waals surface area contributed by atoms with Crippen molar-refractivity contribution < 1.29 is 4.79 Å². The van der Waals surface area contributed by atoms with Gasteiger partial charge in [-0.1, -0.05) is 0 Å². The van der Waals surface area contributed by atoms with Gasteiger partial charge in [0, 0.05) is 26.3 Å². The van der Waals surface area contributed by atoms with E-state index in [1.54, 1.807) is 17.9 Å². The number of amides is 1. The van der Waals surface area contributed by atoms with Gasteiger partial charge >= 0.3 is 0 Å². The van der Waals surface area contributed by atoms with E-state index in [4.69, 9.17) is 0 Å². The Morgan fingerprint density at radius 1 is 1.53 bits per heavy atom. The molecule has 5 nitrogen and oxygen atoms in total. The fourth-order valence-electron chi connectivity index (χ4n) is 1.56. The van der Waals surface area contributed by atoms with Crippen LogP contribution in [0.1, 0.15) is 25.6 Å². The third-order valence-corrected chi connectivity index (χ3v) is 2.44. The molecule has 0 aliphatic heterocycles. The molecule has 2 atom stereocenters. The van der Waals surface area contributed by atoms with E-state index in [0.717, 1.165) is 5.69 Å². The van der Waals surface area contributed by atoms with Gasteiger partial charge in [-0.2, -0.15) is 5.10 Å². The number of nitrogens with zero attached hydrogens (tertiary/aromatic N) is 2. The Morgan fingerprint density at radius 2 is 2.20 bits per heavy atom. The van der Waals surface area contributed by atoms with Crippen molar-refractivity contribution in [2.45, 2.75) is 25.9 Å². The van der Waals surface area contributed by atoms with Gasteiger partial charge in [0.2, 0.25) is 5.91 Å².